The van der Waals surface area contributed by atoms with Gasteiger partial charge in [-0.2, -0.15) is 0 Å². The first-order valence-electron chi connectivity index (χ1n) is 6.22. The van der Waals surface area contributed by atoms with Gasteiger partial charge in [0.2, 0.25) is 0 Å². The Morgan fingerprint density at radius 3 is 2.67 bits per heavy atom. The van der Waals surface area contributed by atoms with Gasteiger partial charge >= 0.3 is 0 Å². The largest absolute Gasteiger partial charge is 0.271 e. The van der Waals surface area contributed by atoms with E-state index in [0.29, 0.717) is 0 Å². The van der Waals surface area contributed by atoms with Crippen LogP contribution in [0.4, 0.5) is 0 Å². The first-order valence-corrected chi connectivity index (χ1v) is 6.22. The fourth-order valence-electron chi connectivity index (χ4n) is 2.27. The van der Waals surface area contributed by atoms with Gasteiger partial charge in [0.05, 0.1) is 6.04 Å². The number of aryl methyl sites for hydroxylation is 2. The molecule has 3 heteroatoms. The number of hydrogen-bond acceptors (Lipinski definition) is 3. The van der Waals surface area contributed by atoms with E-state index < -0.39 is 0 Å². The number of pyridine rings is 1. The van der Waals surface area contributed by atoms with Crippen molar-refractivity contribution in [2.75, 3.05) is 0 Å². The Hall–Kier alpha value is -1.71. The third-order valence-corrected chi connectivity index (χ3v) is 3.30. The normalized spacial score (nSPS) is 12.4. The lowest BCUT2D eigenvalue weighted by Crippen LogP contribution is -2.30. The van der Waals surface area contributed by atoms with E-state index in [1.165, 1.54) is 22.3 Å². The van der Waals surface area contributed by atoms with Gasteiger partial charge in [-0.05, 0) is 41.7 Å². The molecule has 2 aromatic rings. The summed E-state index contributed by atoms with van der Waals surface area (Å²) in [6.45, 7) is 4.23. The smallest absolute Gasteiger partial charge is 0.0716 e. The first-order chi connectivity index (χ1) is 8.77. The molecule has 0 saturated heterocycles. The third-order valence-electron chi connectivity index (χ3n) is 3.30. The van der Waals surface area contributed by atoms with Crippen LogP contribution < -0.4 is 11.3 Å². The minimum atomic E-state index is 0.0177. The van der Waals surface area contributed by atoms with Crippen LogP contribution in [0, 0.1) is 6.92 Å². The van der Waals surface area contributed by atoms with E-state index in [1.54, 1.807) is 0 Å². The van der Waals surface area contributed by atoms with Crippen molar-refractivity contribution >= 4 is 0 Å². The van der Waals surface area contributed by atoms with Gasteiger partial charge in [0, 0.05) is 12.4 Å². The molecular formula is C15H19N3. The van der Waals surface area contributed by atoms with Crippen molar-refractivity contribution < 1.29 is 0 Å². The lowest BCUT2D eigenvalue weighted by molar-refractivity contribution is 0.627. The molecular weight excluding hydrogens is 222 g/mol. The number of benzene rings is 1. The summed E-state index contributed by atoms with van der Waals surface area (Å²) in [7, 11) is 0. The standard InChI is InChI=1S/C15H19N3/c1-3-12-10-17-9-8-14(12)15(18-16)13-7-5-4-6-11(13)2/h4-10,15,18H,3,16H2,1-2H3. The second-order valence-electron chi connectivity index (χ2n) is 4.38. The molecule has 1 aromatic carbocycles. The van der Waals surface area contributed by atoms with Crippen molar-refractivity contribution in [2.24, 2.45) is 5.84 Å². The van der Waals surface area contributed by atoms with Crippen LogP contribution in [0.3, 0.4) is 0 Å². The number of aromatic nitrogens is 1. The summed E-state index contributed by atoms with van der Waals surface area (Å²) in [4.78, 5) is 4.18. The fraction of sp³-hybridized carbons (Fsp3) is 0.267. The van der Waals surface area contributed by atoms with E-state index in [1.807, 2.05) is 30.6 Å². The number of nitrogens with zero attached hydrogens (tertiary/aromatic N) is 1. The molecule has 0 saturated carbocycles. The predicted octanol–water partition coefficient (Wildman–Crippen LogP) is 2.51. The Bertz CT molecular complexity index is 523. The summed E-state index contributed by atoms with van der Waals surface area (Å²) in [6, 6.07) is 10.4. The van der Waals surface area contributed by atoms with E-state index in [0.717, 1.165) is 6.42 Å². The molecule has 1 atom stereocenters. The maximum absolute atomic E-state index is 5.76. The second-order valence-corrected chi connectivity index (χ2v) is 4.38. The van der Waals surface area contributed by atoms with Crippen LogP contribution in [0.5, 0.6) is 0 Å². The number of rotatable bonds is 4. The van der Waals surface area contributed by atoms with Crippen LogP contribution in [0.1, 0.15) is 35.2 Å². The summed E-state index contributed by atoms with van der Waals surface area (Å²) in [6.07, 6.45) is 4.68. The van der Waals surface area contributed by atoms with Gasteiger partial charge in [0.15, 0.2) is 0 Å². The highest BCUT2D eigenvalue weighted by molar-refractivity contribution is 5.39. The van der Waals surface area contributed by atoms with Crippen LogP contribution >= 0.6 is 0 Å². The molecule has 1 aromatic heterocycles. The SMILES string of the molecule is CCc1cnccc1C(NN)c1ccccc1C. The molecule has 94 valence electrons. The Kier molecular flexibility index (Phi) is 4.07. The van der Waals surface area contributed by atoms with Gasteiger partial charge in [-0.1, -0.05) is 31.2 Å². The van der Waals surface area contributed by atoms with E-state index >= 15 is 0 Å². The summed E-state index contributed by atoms with van der Waals surface area (Å²) in [5, 5.41) is 0. The van der Waals surface area contributed by atoms with Crippen molar-refractivity contribution in [3.63, 3.8) is 0 Å². The molecule has 3 nitrogen and oxygen atoms in total. The molecule has 0 spiro atoms. The van der Waals surface area contributed by atoms with Crippen molar-refractivity contribution in [3.05, 3.63) is 65.0 Å². The van der Waals surface area contributed by atoms with E-state index in [9.17, 15) is 0 Å². The minimum absolute atomic E-state index is 0.0177. The molecule has 0 radical (unpaired) electrons. The van der Waals surface area contributed by atoms with Crippen LogP contribution in [0.15, 0.2) is 42.7 Å². The van der Waals surface area contributed by atoms with Gasteiger partial charge in [-0.3, -0.25) is 10.8 Å². The topological polar surface area (TPSA) is 50.9 Å². The number of nitrogens with one attached hydrogen (secondary N) is 1. The summed E-state index contributed by atoms with van der Waals surface area (Å²) >= 11 is 0. The maximum Gasteiger partial charge on any atom is 0.0716 e. The summed E-state index contributed by atoms with van der Waals surface area (Å²) < 4.78 is 0. The molecule has 1 heterocycles. The highest BCUT2D eigenvalue weighted by Crippen LogP contribution is 2.26. The third kappa shape index (κ3) is 2.42. The Morgan fingerprint density at radius 1 is 1.22 bits per heavy atom. The summed E-state index contributed by atoms with van der Waals surface area (Å²) in [5.74, 6) is 5.76. The quantitative estimate of drug-likeness (QED) is 0.639. The van der Waals surface area contributed by atoms with Gasteiger partial charge in [0.1, 0.15) is 0 Å². The van der Waals surface area contributed by atoms with Crippen molar-refractivity contribution in [2.45, 2.75) is 26.3 Å². The zero-order valence-corrected chi connectivity index (χ0v) is 10.9. The first kappa shape index (κ1) is 12.7. The molecule has 1 unspecified atom stereocenters. The monoisotopic (exact) mass is 241 g/mol. The van der Waals surface area contributed by atoms with Gasteiger partial charge in [0.25, 0.3) is 0 Å². The van der Waals surface area contributed by atoms with Crippen molar-refractivity contribution in [3.8, 4) is 0 Å². The Labute approximate surface area is 108 Å². The molecule has 0 aliphatic heterocycles. The average Bonchev–Trinajstić information content (AvgIpc) is 2.42. The maximum atomic E-state index is 5.76. The molecule has 2 rings (SSSR count). The van der Waals surface area contributed by atoms with Crippen LogP contribution in [-0.4, -0.2) is 4.98 Å². The highest BCUT2D eigenvalue weighted by Gasteiger charge is 2.16. The molecule has 0 bridgehead atoms. The zero-order chi connectivity index (χ0) is 13.0. The fourth-order valence-corrected chi connectivity index (χ4v) is 2.27. The van der Waals surface area contributed by atoms with Gasteiger partial charge in [-0.15, -0.1) is 0 Å². The number of nitrogens with two attached hydrogens (primary N) is 1. The Morgan fingerprint density at radius 2 is 2.00 bits per heavy atom. The lowest BCUT2D eigenvalue weighted by Gasteiger charge is -2.21. The van der Waals surface area contributed by atoms with Crippen LogP contribution in [0.2, 0.25) is 0 Å². The molecule has 0 amide bonds. The van der Waals surface area contributed by atoms with Crippen molar-refractivity contribution in [1.29, 1.82) is 0 Å². The molecule has 0 aliphatic carbocycles. The van der Waals surface area contributed by atoms with E-state index in [2.05, 4.69) is 36.4 Å². The average molecular weight is 241 g/mol. The highest BCUT2D eigenvalue weighted by atomic mass is 15.2. The van der Waals surface area contributed by atoms with Gasteiger partial charge in [-0.25, -0.2) is 5.43 Å². The molecule has 0 aliphatic rings. The molecule has 18 heavy (non-hydrogen) atoms. The summed E-state index contributed by atoms with van der Waals surface area (Å²) in [5.41, 5.74) is 7.79. The van der Waals surface area contributed by atoms with Gasteiger partial charge < -0.3 is 0 Å². The predicted molar refractivity (Wildman–Crippen MR) is 74.0 cm³/mol. The van der Waals surface area contributed by atoms with Crippen molar-refractivity contribution in [1.82, 2.24) is 10.4 Å². The molecule has 3 N–H and O–H groups in total. The van der Waals surface area contributed by atoms with Crippen LogP contribution in [0.25, 0.3) is 0 Å². The number of hydrazine groups is 1. The lowest BCUT2D eigenvalue weighted by atomic mass is 9.92. The minimum Gasteiger partial charge on any atom is -0.271 e. The zero-order valence-electron chi connectivity index (χ0n) is 10.9. The molecule has 0 fully saturated rings. The number of hydrogen-bond donors (Lipinski definition) is 2. The van der Waals surface area contributed by atoms with E-state index in [4.69, 9.17) is 5.84 Å². The van der Waals surface area contributed by atoms with E-state index in [-0.39, 0.29) is 6.04 Å². The van der Waals surface area contributed by atoms with Crippen LogP contribution in [-0.2, 0) is 6.42 Å². The second kappa shape index (κ2) is 5.76. The Balaban J connectivity index is 2.49.